The number of halogens is 1. The molecule has 0 atom stereocenters. The molecule has 0 aliphatic rings. The van der Waals surface area contributed by atoms with E-state index in [2.05, 4.69) is 36.1 Å². The topological polar surface area (TPSA) is 47.0 Å². The van der Waals surface area contributed by atoms with Crippen molar-refractivity contribution < 1.29 is 4.74 Å². The highest BCUT2D eigenvalue weighted by Crippen LogP contribution is 2.21. The Hall–Kier alpha value is -0.870. The summed E-state index contributed by atoms with van der Waals surface area (Å²) in [5, 5.41) is 3.86. The van der Waals surface area contributed by atoms with E-state index < -0.39 is 0 Å². The summed E-state index contributed by atoms with van der Waals surface area (Å²) in [6, 6.07) is 0. The van der Waals surface area contributed by atoms with Crippen LogP contribution in [-0.4, -0.2) is 29.7 Å². The van der Waals surface area contributed by atoms with Crippen molar-refractivity contribution in [2.24, 2.45) is 5.92 Å². The molecule has 0 aliphatic heterocycles. The molecule has 4 nitrogen and oxygen atoms in total. The summed E-state index contributed by atoms with van der Waals surface area (Å²) in [5.41, 5.74) is 1.01. The predicted molar refractivity (Wildman–Crippen MR) is 79.8 cm³/mol. The van der Waals surface area contributed by atoms with Crippen LogP contribution in [0.25, 0.3) is 0 Å². The second-order valence-electron chi connectivity index (χ2n) is 4.99. The molecule has 1 heterocycles. The fourth-order valence-electron chi connectivity index (χ4n) is 1.71. The second kappa shape index (κ2) is 9.10. The summed E-state index contributed by atoms with van der Waals surface area (Å²) in [4.78, 5) is 8.28. The van der Waals surface area contributed by atoms with E-state index in [0.717, 1.165) is 50.4 Å². The Morgan fingerprint density at radius 2 is 2.16 bits per heavy atom. The molecule has 0 radical (unpaired) electrons. The lowest BCUT2D eigenvalue weighted by Crippen LogP contribution is -2.11. The Labute approximate surface area is 120 Å². The molecular weight excluding hydrogens is 262 g/mol. The molecule has 0 saturated heterocycles. The van der Waals surface area contributed by atoms with Gasteiger partial charge in [-0.1, -0.05) is 38.8 Å². The van der Waals surface area contributed by atoms with Crippen molar-refractivity contribution in [3.63, 3.8) is 0 Å². The van der Waals surface area contributed by atoms with E-state index in [1.54, 1.807) is 0 Å². The predicted octanol–water partition coefficient (Wildman–Crippen LogP) is 3.56. The minimum Gasteiger partial charge on any atom is -0.381 e. The highest BCUT2D eigenvalue weighted by molar-refractivity contribution is 6.30. The fourth-order valence-corrected chi connectivity index (χ4v) is 1.94. The quantitative estimate of drug-likeness (QED) is 0.557. The molecule has 0 spiro atoms. The van der Waals surface area contributed by atoms with Gasteiger partial charge in [-0.25, -0.2) is 9.97 Å². The van der Waals surface area contributed by atoms with Gasteiger partial charge in [0.2, 0.25) is 0 Å². The number of anilines is 1. The van der Waals surface area contributed by atoms with Crippen molar-refractivity contribution in [2.45, 2.75) is 40.0 Å². The average Bonchev–Trinajstić information content (AvgIpc) is 2.37. The van der Waals surface area contributed by atoms with Gasteiger partial charge >= 0.3 is 0 Å². The maximum atomic E-state index is 6.09. The smallest absolute Gasteiger partial charge is 0.137 e. The number of hydrogen-bond acceptors (Lipinski definition) is 4. The molecule has 19 heavy (non-hydrogen) atoms. The van der Waals surface area contributed by atoms with Crippen molar-refractivity contribution >= 4 is 17.4 Å². The molecule has 108 valence electrons. The zero-order chi connectivity index (χ0) is 14.1. The standard InChI is InChI=1S/C14H24ClN3O/c1-4-6-12-13(15)17-10-18-14(12)16-7-5-8-19-9-11(2)3/h10-11H,4-9H2,1-3H3,(H,16,17,18). The number of nitrogens with zero attached hydrogens (tertiary/aromatic N) is 2. The van der Waals surface area contributed by atoms with E-state index in [4.69, 9.17) is 16.3 Å². The van der Waals surface area contributed by atoms with Crippen molar-refractivity contribution in [3.8, 4) is 0 Å². The van der Waals surface area contributed by atoms with Crippen LogP contribution in [-0.2, 0) is 11.2 Å². The molecule has 0 fully saturated rings. The van der Waals surface area contributed by atoms with Crippen molar-refractivity contribution in [3.05, 3.63) is 17.0 Å². The summed E-state index contributed by atoms with van der Waals surface area (Å²) in [6.45, 7) is 8.85. The molecule has 1 rings (SSSR count). The van der Waals surface area contributed by atoms with Crippen LogP contribution in [0.5, 0.6) is 0 Å². The lowest BCUT2D eigenvalue weighted by Gasteiger charge is -2.11. The minimum atomic E-state index is 0.551. The largest absolute Gasteiger partial charge is 0.381 e. The number of nitrogens with one attached hydrogen (secondary N) is 1. The van der Waals surface area contributed by atoms with Gasteiger partial charge in [-0.2, -0.15) is 0 Å². The Morgan fingerprint density at radius 1 is 1.37 bits per heavy atom. The molecule has 0 saturated carbocycles. The molecule has 5 heteroatoms. The molecule has 1 aromatic rings. The van der Waals surface area contributed by atoms with Crippen LogP contribution in [0.4, 0.5) is 5.82 Å². The van der Waals surface area contributed by atoms with Gasteiger partial charge in [0.05, 0.1) is 0 Å². The lowest BCUT2D eigenvalue weighted by atomic mass is 10.2. The summed E-state index contributed by atoms with van der Waals surface area (Å²) in [5.74, 6) is 1.44. The normalized spacial score (nSPS) is 11.0. The number of aromatic nitrogens is 2. The van der Waals surface area contributed by atoms with Gasteiger partial charge in [0.1, 0.15) is 17.3 Å². The molecular formula is C14H24ClN3O. The molecule has 0 aromatic carbocycles. The van der Waals surface area contributed by atoms with E-state index in [1.807, 2.05) is 0 Å². The van der Waals surface area contributed by atoms with E-state index in [-0.39, 0.29) is 0 Å². The van der Waals surface area contributed by atoms with E-state index >= 15 is 0 Å². The van der Waals surface area contributed by atoms with Crippen LogP contribution in [0, 0.1) is 5.92 Å². The van der Waals surface area contributed by atoms with Crippen LogP contribution >= 0.6 is 11.6 Å². The first kappa shape index (κ1) is 16.2. The Morgan fingerprint density at radius 3 is 2.84 bits per heavy atom. The third-order valence-corrected chi connectivity index (χ3v) is 2.93. The average molecular weight is 286 g/mol. The van der Waals surface area contributed by atoms with E-state index in [0.29, 0.717) is 11.1 Å². The third-order valence-electron chi connectivity index (χ3n) is 2.60. The van der Waals surface area contributed by atoms with Crippen LogP contribution in [0.1, 0.15) is 39.2 Å². The molecule has 0 unspecified atom stereocenters. The molecule has 0 bridgehead atoms. The lowest BCUT2D eigenvalue weighted by molar-refractivity contribution is 0.110. The molecule has 1 aromatic heterocycles. The molecule has 1 N–H and O–H groups in total. The third kappa shape index (κ3) is 6.21. The van der Waals surface area contributed by atoms with E-state index in [1.165, 1.54) is 6.33 Å². The minimum absolute atomic E-state index is 0.551. The molecule has 0 amide bonds. The summed E-state index contributed by atoms with van der Waals surface area (Å²) < 4.78 is 5.54. The van der Waals surface area contributed by atoms with Crippen LogP contribution < -0.4 is 5.32 Å². The van der Waals surface area contributed by atoms with Gasteiger partial charge in [0.25, 0.3) is 0 Å². The SMILES string of the molecule is CCCc1c(Cl)ncnc1NCCCOCC(C)C. The monoisotopic (exact) mass is 285 g/mol. The number of hydrogen-bond donors (Lipinski definition) is 1. The van der Waals surface area contributed by atoms with Gasteiger partial charge in [-0.3, -0.25) is 0 Å². The first-order valence-electron chi connectivity index (χ1n) is 6.96. The van der Waals surface area contributed by atoms with Crippen LogP contribution in [0.2, 0.25) is 5.15 Å². The Bertz CT molecular complexity index is 372. The van der Waals surface area contributed by atoms with Gasteiger partial charge in [-0.05, 0) is 18.8 Å². The van der Waals surface area contributed by atoms with Gasteiger partial charge in [0, 0.05) is 25.3 Å². The van der Waals surface area contributed by atoms with Crippen LogP contribution in [0.3, 0.4) is 0 Å². The van der Waals surface area contributed by atoms with Gasteiger partial charge < -0.3 is 10.1 Å². The van der Waals surface area contributed by atoms with Gasteiger partial charge in [0.15, 0.2) is 0 Å². The fraction of sp³-hybridized carbons (Fsp3) is 0.714. The summed E-state index contributed by atoms with van der Waals surface area (Å²) in [6.07, 6.45) is 4.38. The summed E-state index contributed by atoms with van der Waals surface area (Å²) >= 11 is 6.09. The maximum absolute atomic E-state index is 6.09. The zero-order valence-corrected chi connectivity index (χ0v) is 12.8. The van der Waals surface area contributed by atoms with Crippen molar-refractivity contribution in [1.29, 1.82) is 0 Å². The van der Waals surface area contributed by atoms with Gasteiger partial charge in [-0.15, -0.1) is 0 Å². The zero-order valence-electron chi connectivity index (χ0n) is 12.1. The first-order valence-corrected chi connectivity index (χ1v) is 7.34. The highest BCUT2D eigenvalue weighted by Gasteiger charge is 2.08. The summed E-state index contributed by atoms with van der Waals surface area (Å²) in [7, 11) is 0. The van der Waals surface area contributed by atoms with Crippen molar-refractivity contribution in [1.82, 2.24) is 9.97 Å². The van der Waals surface area contributed by atoms with Crippen LogP contribution in [0.15, 0.2) is 6.33 Å². The Kier molecular flexibility index (Phi) is 7.75. The van der Waals surface area contributed by atoms with E-state index in [9.17, 15) is 0 Å². The van der Waals surface area contributed by atoms with Crippen molar-refractivity contribution in [2.75, 3.05) is 25.1 Å². The maximum Gasteiger partial charge on any atom is 0.137 e. The molecule has 0 aliphatic carbocycles. The first-order chi connectivity index (χ1) is 9.15. The highest BCUT2D eigenvalue weighted by atomic mass is 35.5. The second-order valence-corrected chi connectivity index (χ2v) is 5.35. The number of ether oxygens (including phenoxy) is 1. The Balaban J connectivity index is 2.34. The number of rotatable bonds is 9.